The first-order valence-electron chi connectivity index (χ1n) is 11.1. The number of hydrogen-bond donors (Lipinski definition) is 1. The van der Waals surface area contributed by atoms with Crippen LogP contribution in [0.1, 0.15) is 60.5 Å². The van der Waals surface area contributed by atoms with Crippen molar-refractivity contribution in [3.63, 3.8) is 0 Å². The third kappa shape index (κ3) is 5.56. The van der Waals surface area contributed by atoms with Crippen molar-refractivity contribution in [2.24, 2.45) is 0 Å². The highest BCUT2D eigenvalue weighted by Crippen LogP contribution is 2.33. The fourth-order valence-electron chi connectivity index (χ4n) is 4.25. The van der Waals surface area contributed by atoms with E-state index in [0.717, 1.165) is 28.8 Å². The lowest BCUT2D eigenvalue weighted by Gasteiger charge is -2.22. The zero-order valence-electron chi connectivity index (χ0n) is 18.3. The Morgan fingerprint density at radius 1 is 1.06 bits per heavy atom. The van der Waals surface area contributed by atoms with Crippen LogP contribution in [0.4, 0.5) is 5.69 Å². The van der Waals surface area contributed by atoms with E-state index in [2.05, 4.69) is 57.3 Å². The fourth-order valence-corrected chi connectivity index (χ4v) is 5.00. The van der Waals surface area contributed by atoms with Crippen molar-refractivity contribution in [1.82, 2.24) is 14.8 Å². The minimum absolute atomic E-state index is 0.0227. The van der Waals surface area contributed by atoms with Gasteiger partial charge >= 0.3 is 0 Å². The van der Waals surface area contributed by atoms with Crippen LogP contribution in [-0.4, -0.2) is 26.4 Å². The summed E-state index contributed by atoms with van der Waals surface area (Å²) in [6.07, 6.45) is 6.16. The molecule has 1 amide bonds. The van der Waals surface area contributed by atoms with Crippen molar-refractivity contribution in [2.45, 2.75) is 63.6 Å². The third-order valence-corrected chi connectivity index (χ3v) is 6.85. The lowest BCUT2D eigenvalue weighted by molar-refractivity contribution is -0.113. The Morgan fingerprint density at radius 3 is 2.58 bits per heavy atom. The minimum Gasteiger partial charge on any atom is -0.325 e. The van der Waals surface area contributed by atoms with Crippen LogP contribution in [0.25, 0.3) is 0 Å². The molecule has 162 valence electrons. The number of aromatic nitrogens is 3. The van der Waals surface area contributed by atoms with Gasteiger partial charge in [0.2, 0.25) is 5.91 Å². The van der Waals surface area contributed by atoms with Gasteiger partial charge in [-0.3, -0.25) is 4.79 Å². The van der Waals surface area contributed by atoms with E-state index in [9.17, 15) is 4.79 Å². The molecule has 1 saturated carbocycles. The van der Waals surface area contributed by atoms with E-state index in [-0.39, 0.29) is 5.91 Å². The van der Waals surface area contributed by atoms with E-state index in [1.807, 2.05) is 25.1 Å². The monoisotopic (exact) mass is 434 g/mol. The summed E-state index contributed by atoms with van der Waals surface area (Å²) < 4.78 is 2.22. The van der Waals surface area contributed by atoms with Gasteiger partial charge in [0.1, 0.15) is 5.82 Å². The number of nitrogens with zero attached hydrogens (tertiary/aromatic N) is 3. The molecule has 0 spiro atoms. The lowest BCUT2D eigenvalue weighted by Crippen LogP contribution is -2.16. The summed E-state index contributed by atoms with van der Waals surface area (Å²) in [6.45, 7) is 4.81. The van der Waals surface area contributed by atoms with Gasteiger partial charge in [0, 0.05) is 11.6 Å². The normalized spacial score (nSPS) is 14.5. The molecule has 3 aromatic rings. The second-order valence-corrected chi connectivity index (χ2v) is 9.35. The van der Waals surface area contributed by atoms with Crippen LogP contribution < -0.4 is 5.32 Å². The number of hydrogen-bond acceptors (Lipinski definition) is 4. The summed E-state index contributed by atoms with van der Waals surface area (Å²) in [5.41, 5.74) is 4.35. The van der Waals surface area contributed by atoms with Crippen LogP contribution >= 0.6 is 11.8 Å². The standard InChI is InChI=1S/C25H30N4OS/c1-18-13-14-22(19(2)15-18)26-23(30)17-31-25-28-27-24(21-11-7-4-8-12-21)29(25)16-20-9-5-3-6-10-20/h3,5-6,9-10,13-15,21H,4,7-8,11-12,16-17H2,1-2H3,(H,26,30). The number of carbonyl (C=O) groups excluding carboxylic acids is 1. The molecule has 1 N–H and O–H groups in total. The Morgan fingerprint density at radius 2 is 1.84 bits per heavy atom. The maximum Gasteiger partial charge on any atom is 0.234 e. The van der Waals surface area contributed by atoms with Gasteiger partial charge in [-0.25, -0.2) is 0 Å². The Hall–Kier alpha value is -2.60. The molecule has 1 aliphatic rings. The first-order valence-corrected chi connectivity index (χ1v) is 12.1. The average molecular weight is 435 g/mol. The van der Waals surface area contributed by atoms with E-state index in [1.165, 1.54) is 55.0 Å². The molecule has 1 heterocycles. The molecule has 1 fully saturated rings. The molecule has 0 unspecified atom stereocenters. The smallest absolute Gasteiger partial charge is 0.234 e. The predicted octanol–water partition coefficient (Wildman–Crippen LogP) is 5.72. The molecule has 4 rings (SSSR count). The predicted molar refractivity (Wildman–Crippen MR) is 127 cm³/mol. The van der Waals surface area contributed by atoms with Crippen LogP contribution in [0, 0.1) is 13.8 Å². The summed E-state index contributed by atoms with van der Waals surface area (Å²) in [5.74, 6) is 1.82. The summed E-state index contributed by atoms with van der Waals surface area (Å²) in [4.78, 5) is 12.6. The number of nitrogens with one attached hydrogen (secondary N) is 1. The van der Waals surface area contributed by atoms with Gasteiger partial charge in [-0.2, -0.15) is 0 Å². The molecule has 0 atom stereocenters. The van der Waals surface area contributed by atoms with E-state index < -0.39 is 0 Å². The molecule has 0 aliphatic heterocycles. The second kappa shape index (κ2) is 10.1. The average Bonchev–Trinajstić information content (AvgIpc) is 3.18. The number of amides is 1. The quantitative estimate of drug-likeness (QED) is 0.483. The molecule has 0 bridgehead atoms. The lowest BCUT2D eigenvalue weighted by atomic mass is 9.88. The van der Waals surface area contributed by atoms with Crippen molar-refractivity contribution in [1.29, 1.82) is 0 Å². The highest BCUT2D eigenvalue weighted by atomic mass is 32.2. The SMILES string of the molecule is Cc1ccc(NC(=O)CSc2nnc(C3CCCCC3)n2Cc2ccccc2)c(C)c1. The van der Waals surface area contributed by atoms with Crippen LogP contribution in [-0.2, 0) is 11.3 Å². The number of carbonyl (C=O) groups is 1. The summed E-state index contributed by atoms with van der Waals surface area (Å²) in [6, 6.07) is 16.5. The zero-order chi connectivity index (χ0) is 21.6. The summed E-state index contributed by atoms with van der Waals surface area (Å²) in [5, 5.41) is 12.9. The van der Waals surface area contributed by atoms with E-state index in [0.29, 0.717) is 11.7 Å². The van der Waals surface area contributed by atoms with Gasteiger partial charge in [0.05, 0.1) is 12.3 Å². The van der Waals surface area contributed by atoms with Gasteiger partial charge in [0.15, 0.2) is 5.16 Å². The number of rotatable bonds is 7. The Kier molecular flexibility index (Phi) is 7.07. The number of thioether (sulfide) groups is 1. The molecular formula is C25H30N4OS. The van der Waals surface area contributed by atoms with Gasteiger partial charge in [-0.15, -0.1) is 10.2 Å². The largest absolute Gasteiger partial charge is 0.325 e. The van der Waals surface area contributed by atoms with Gasteiger partial charge in [-0.1, -0.05) is 79.1 Å². The minimum atomic E-state index is -0.0227. The van der Waals surface area contributed by atoms with Gasteiger partial charge < -0.3 is 9.88 Å². The molecule has 1 aromatic heterocycles. The third-order valence-electron chi connectivity index (χ3n) is 5.89. The van der Waals surface area contributed by atoms with Crippen molar-refractivity contribution >= 4 is 23.4 Å². The fraction of sp³-hybridized carbons (Fsp3) is 0.400. The highest BCUT2D eigenvalue weighted by molar-refractivity contribution is 7.99. The summed E-state index contributed by atoms with van der Waals surface area (Å²) >= 11 is 1.46. The van der Waals surface area contributed by atoms with Gasteiger partial charge in [-0.05, 0) is 43.9 Å². The maximum atomic E-state index is 12.6. The maximum absolute atomic E-state index is 12.6. The molecule has 1 aliphatic carbocycles. The number of benzene rings is 2. The molecule has 6 heteroatoms. The van der Waals surface area contributed by atoms with Crippen LogP contribution in [0.2, 0.25) is 0 Å². The molecule has 0 radical (unpaired) electrons. The van der Waals surface area contributed by atoms with Crippen molar-refractivity contribution in [3.8, 4) is 0 Å². The first-order chi connectivity index (χ1) is 15.1. The highest BCUT2D eigenvalue weighted by Gasteiger charge is 2.24. The van der Waals surface area contributed by atoms with Crippen LogP contribution in [0.3, 0.4) is 0 Å². The number of anilines is 1. The van der Waals surface area contributed by atoms with Crippen molar-refractivity contribution in [2.75, 3.05) is 11.1 Å². The molecular weight excluding hydrogens is 404 g/mol. The topological polar surface area (TPSA) is 59.8 Å². The van der Waals surface area contributed by atoms with Crippen LogP contribution in [0.5, 0.6) is 0 Å². The van der Waals surface area contributed by atoms with E-state index in [1.54, 1.807) is 0 Å². The zero-order valence-corrected chi connectivity index (χ0v) is 19.1. The second-order valence-electron chi connectivity index (χ2n) is 8.40. The molecule has 0 saturated heterocycles. The van der Waals surface area contributed by atoms with E-state index >= 15 is 0 Å². The summed E-state index contributed by atoms with van der Waals surface area (Å²) in [7, 11) is 0. The molecule has 2 aromatic carbocycles. The Labute approximate surface area is 188 Å². The van der Waals surface area contributed by atoms with Gasteiger partial charge in [0.25, 0.3) is 0 Å². The molecule has 5 nitrogen and oxygen atoms in total. The number of aryl methyl sites for hydroxylation is 2. The van der Waals surface area contributed by atoms with Crippen LogP contribution in [0.15, 0.2) is 53.7 Å². The van der Waals surface area contributed by atoms with Crippen molar-refractivity contribution < 1.29 is 4.79 Å². The first kappa shape index (κ1) is 21.6. The Balaban J connectivity index is 1.49. The van der Waals surface area contributed by atoms with E-state index in [4.69, 9.17) is 0 Å². The Bertz CT molecular complexity index is 1030. The molecule has 31 heavy (non-hydrogen) atoms. The van der Waals surface area contributed by atoms with Crippen molar-refractivity contribution in [3.05, 3.63) is 71.0 Å².